The van der Waals surface area contributed by atoms with Gasteiger partial charge in [0.05, 0.1) is 40.1 Å². The fourth-order valence-corrected chi connectivity index (χ4v) is 3.67. The number of allylic oxidation sites excluding steroid dienone is 4. The van der Waals surface area contributed by atoms with Crippen LogP contribution in [0.5, 0.6) is 0 Å². The molecule has 0 bridgehead atoms. The molecule has 0 amide bonds. The van der Waals surface area contributed by atoms with Crippen molar-refractivity contribution in [2.24, 2.45) is 0 Å². The maximum atomic E-state index is 12.1. The van der Waals surface area contributed by atoms with Crippen LogP contribution in [-0.4, -0.2) is 66.5 Å². The summed E-state index contributed by atoms with van der Waals surface area (Å²) in [6.07, 6.45) is 20.5. The van der Waals surface area contributed by atoms with Crippen molar-refractivity contribution < 1.29 is 29.0 Å². The van der Waals surface area contributed by atoms with Gasteiger partial charge in [0.2, 0.25) is 0 Å². The second-order valence-corrected chi connectivity index (χ2v) is 10.1. The van der Waals surface area contributed by atoms with Crippen LogP contribution in [-0.2, 0) is 14.3 Å². The molecule has 0 fully saturated rings. The van der Waals surface area contributed by atoms with Crippen molar-refractivity contribution in [3.8, 4) is 0 Å². The summed E-state index contributed by atoms with van der Waals surface area (Å²) in [5.74, 6) is -1.52. The lowest BCUT2D eigenvalue weighted by Crippen LogP contribution is -2.44. The van der Waals surface area contributed by atoms with Crippen LogP contribution in [0.1, 0.15) is 96.8 Å². The molecule has 0 aliphatic heterocycles. The predicted octanol–water partition coefficient (Wildman–Crippen LogP) is 5.64. The van der Waals surface area contributed by atoms with Crippen LogP contribution < -0.4 is 0 Å². The number of nitrogens with zero attached hydrogens (tertiary/aromatic N) is 1. The van der Waals surface area contributed by atoms with Crippen molar-refractivity contribution in [2.45, 2.75) is 109 Å². The van der Waals surface area contributed by atoms with E-state index in [-0.39, 0.29) is 12.8 Å². The molecule has 6 heteroatoms. The van der Waals surface area contributed by atoms with E-state index in [1.54, 1.807) is 0 Å². The zero-order valence-electron chi connectivity index (χ0n) is 21.6. The van der Waals surface area contributed by atoms with Gasteiger partial charge < -0.3 is 19.4 Å². The number of carboxylic acid groups (broad SMARTS) is 1. The number of unbranched alkanes of at least 4 members (excludes halogenated alkanes) is 8. The highest BCUT2D eigenvalue weighted by Gasteiger charge is 2.25. The number of aliphatic hydroxyl groups is 1. The Kier molecular flexibility index (Phi) is 18.8. The summed E-state index contributed by atoms with van der Waals surface area (Å²) in [6, 6.07) is 0. The lowest BCUT2D eigenvalue weighted by atomic mass is 10.1. The van der Waals surface area contributed by atoms with E-state index in [9.17, 15) is 14.7 Å². The number of ether oxygens (including phenoxy) is 1. The molecule has 2 atom stereocenters. The summed E-state index contributed by atoms with van der Waals surface area (Å²) in [7, 11) is 5.75. The fraction of sp³-hybridized carbons (Fsp3) is 0.778. The summed E-state index contributed by atoms with van der Waals surface area (Å²) in [4.78, 5) is 23.1. The Morgan fingerprint density at radius 1 is 0.848 bits per heavy atom. The molecule has 0 rings (SSSR count). The third-order valence-corrected chi connectivity index (χ3v) is 5.34. The van der Waals surface area contributed by atoms with E-state index in [1.807, 2.05) is 21.1 Å². The van der Waals surface area contributed by atoms with Crippen LogP contribution in [0.15, 0.2) is 24.3 Å². The lowest BCUT2D eigenvalue weighted by molar-refractivity contribution is -0.873. The van der Waals surface area contributed by atoms with Gasteiger partial charge in [-0.2, -0.15) is 0 Å². The number of aliphatic carboxylic acids is 1. The van der Waals surface area contributed by atoms with Crippen molar-refractivity contribution in [1.29, 1.82) is 0 Å². The molecule has 0 aliphatic rings. The molecular weight excluding hydrogens is 418 g/mol. The van der Waals surface area contributed by atoms with Gasteiger partial charge in [0, 0.05) is 0 Å². The molecule has 0 aromatic heterocycles. The van der Waals surface area contributed by atoms with E-state index in [0.29, 0.717) is 17.4 Å². The van der Waals surface area contributed by atoms with Gasteiger partial charge >= 0.3 is 11.9 Å². The minimum Gasteiger partial charge on any atom is -0.481 e. The number of carbonyl (C=O) groups is 2. The van der Waals surface area contributed by atoms with E-state index in [0.717, 1.165) is 32.1 Å². The van der Waals surface area contributed by atoms with Gasteiger partial charge in [-0.25, -0.2) is 0 Å². The molecule has 0 aromatic carbocycles. The second-order valence-electron chi connectivity index (χ2n) is 10.1. The summed E-state index contributed by atoms with van der Waals surface area (Å²) in [5.41, 5.74) is 0. The van der Waals surface area contributed by atoms with Gasteiger partial charge in [-0.05, 0) is 38.5 Å². The summed E-state index contributed by atoms with van der Waals surface area (Å²) in [6.45, 7) is 2.64. The average Bonchev–Trinajstić information content (AvgIpc) is 2.68. The monoisotopic (exact) mass is 468 g/mol. The van der Waals surface area contributed by atoms with Crippen molar-refractivity contribution >= 4 is 11.9 Å². The van der Waals surface area contributed by atoms with Crippen LogP contribution in [0.2, 0.25) is 0 Å². The van der Waals surface area contributed by atoms with Gasteiger partial charge in [0.25, 0.3) is 0 Å². The highest BCUT2D eigenvalue weighted by Crippen LogP contribution is 2.13. The number of quaternary nitrogens is 1. The van der Waals surface area contributed by atoms with Crippen LogP contribution in [0, 0.1) is 0 Å². The first-order chi connectivity index (χ1) is 15.6. The molecule has 0 saturated heterocycles. The van der Waals surface area contributed by atoms with E-state index >= 15 is 0 Å². The quantitative estimate of drug-likeness (QED) is 0.0985. The normalized spacial score (nSPS) is 14.1. The standard InChI is InChI=1S/C27H49NO5/c1-5-6-7-8-9-10-11-12-13-14-15-16-17-18-19-20-24(29)21-27(32)33-25(22-26(30)31)23-28(2,3)4/h9-10,12-13,24-25,29H,5-8,11,14-23H2,1-4H3/p+1/b10-9+,13-12+. The minimum atomic E-state index is -0.994. The largest absolute Gasteiger partial charge is 0.481 e. The number of rotatable bonds is 21. The first kappa shape index (κ1) is 31.3. The Hall–Kier alpha value is -1.66. The Morgan fingerprint density at radius 3 is 2.00 bits per heavy atom. The molecule has 0 aromatic rings. The highest BCUT2D eigenvalue weighted by atomic mass is 16.5. The number of carboxylic acids is 1. The third kappa shape index (κ3) is 23.3. The molecular formula is C27H50NO5+. The average molecular weight is 469 g/mol. The zero-order chi connectivity index (χ0) is 25.0. The van der Waals surface area contributed by atoms with Gasteiger partial charge in [-0.1, -0.05) is 69.8 Å². The number of aliphatic hydroxyl groups excluding tert-OH is 1. The van der Waals surface area contributed by atoms with E-state index in [1.165, 1.54) is 38.5 Å². The molecule has 0 heterocycles. The number of esters is 1. The molecule has 6 nitrogen and oxygen atoms in total. The minimum absolute atomic E-state index is 0.0783. The lowest BCUT2D eigenvalue weighted by Gasteiger charge is -2.28. The Labute approximate surface area is 202 Å². The molecule has 0 spiro atoms. The van der Waals surface area contributed by atoms with Crippen LogP contribution >= 0.6 is 0 Å². The second kappa shape index (κ2) is 19.8. The Bertz CT molecular complexity index is 565. The fourth-order valence-electron chi connectivity index (χ4n) is 3.67. The first-order valence-corrected chi connectivity index (χ1v) is 12.8. The van der Waals surface area contributed by atoms with Crippen LogP contribution in [0.4, 0.5) is 0 Å². The van der Waals surface area contributed by atoms with E-state index in [2.05, 4.69) is 31.2 Å². The number of carbonyl (C=O) groups excluding carboxylic acids is 1. The Morgan fingerprint density at radius 2 is 1.42 bits per heavy atom. The third-order valence-electron chi connectivity index (χ3n) is 5.34. The van der Waals surface area contributed by atoms with Crippen molar-refractivity contribution in [1.82, 2.24) is 0 Å². The number of hydrogen-bond acceptors (Lipinski definition) is 4. The summed E-state index contributed by atoms with van der Waals surface area (Å²) in [5, 5.41) is 19.1. The predicted molar refractivity (Wildman–Crippen MR) is 135 cm³/mol. The van der Waals surface area contributed by atoms with Gasteiger partial charge in [0.15, 0.2) is 6.10 Å². The Balaban J connectivity index is 3.80. The first-order valence-electron chi connectivity index (χ1n) is 12.8. The van der Waals surface area contributed by atoms with Crippen molar-refractivity contribution in [2.75, 3.05) is 27.7 Å². The summed E-state index contributed by atoms with van der Waals surface area (Å²) < 4.78 is 5.83. The number of likely N-dealkylation sites (N-methyl/N-ethyl adjacent to an activating group) is 1. The molecule has 192 valence electrons. The van der Waals surface area contributed by atoms with Crippen molar-refractivity contribution in [3.05, 3.63) is 24.3 Å². The van der Waals surface area contributed by atoms with Crippen molar-refractivity contribution in [3.63, 3.8) is 0 Å². The molecule has 33 heavy (non-hydrogen) atoms. The van der Waals surface area contributed by atoms with E-state index < -0.39 is 24.1 Å². The molecule has 0 aliphatic carbocycles. The highest BCUT2D eigenvalue weighted by molar-refractivity contribution is 5.71. The summed E-state index contributed by atoms with van der Waals surface area (Å²) >= 11 is 0. The number of hydrogen-bond donors (Lipinski definition) is 2. The maximum Gasteiger partial charge on any atom is 0.308 e. The van der Waals surface area contributed by atoms with E-state index in [4.69, 9.17) is 9.84 Å². The van der Waals surface area contributed by atoms with Gasteiger partial charge in [-0.15, -0.1) is 0 Å². The smallest absolute Gasteiger partial charge is 0.308 e. The SMILES string of the molecule is CCCCC/C=C/C/C=C/CCCCCCCC(O)CC(=O)OC(CC(=O)O)C[N+](C)(C)C. The van der Waals surface area contributed by atoms with Crippen LogP contribution in [0.3, 0.4) is 0 Å². The molecule has 2 unspecified atom stereocenters. The zero-order valence-corrected chi connectivity index (χ0v) is 21.6. The molecule has 0 saturated carbocycles. The topological polar surface area (TPSA) is 83.8 Å². The maximum absolute atomic E-state index is 12.1. The van der Waals surface area contributed by atoms with Gasteiger partial charge in [0.1, 0.15) is 6.54 Å². The molecule has 0 radical (unpaired) electrons. The van der Waals surface area contributed by atoms with Gasteiger partial charge in [-0.3, -0.25) is 9.59 Å². The van der Waals surface area contributed by atoms with Crippen LogP contribution in [0.25, 0.3) is 0 Å². The molecule has 2 N–H and O–H groups in total.